The predicted molar refractivity (Wildman–Crippen MR) is 84.7 cm³/mol. The van der Waals surface area contributed by atoms with Gasteiger partial charge in [0.2, 0.25) is 0 Å². The lowest BCUT2D eigenvalue weighted by Gasteiger charge is -2.22. The van der Waals surface area contributed by atoms with Crippen LogP contribution in [0.3, 0.4) is 0 Å². The molecule has 4 rings (SSSR count). The van der Waals surface area contributed by atoms with Gasteiger partial charge >= 0.3 is 6.09 Å². The molecule has 1 aromatic carbocycles. The zero-order valence-electron chi connectivity index (χ0n) is 13.2. The van der Waals surface area contributed by atoms with Crippen molar-refractivity contribution in [1.29, 1.82) is 0 Å². The Labute approximate surface area is 139 Å². The first kappa shape index (κ1) is 15.1. The normalized spacial score (nSPS) is 23.5. The fraction of sp³-hybridized carbons (Fsp3) is 0.412. The van der Waals surface area contributed by atoms with Gasteiger partial charge in [-0.25, -0.2) is 14.2 Å². The first-order valence-corrected chi connectivity index (χ1v) is 8.10. The number of halogens is 1. The van der Waals surface area contributed by atoms with E-state index in [4.69, 9.17) is 4.74 Å². The number of H-pyrrole nitrogens is 1. The number of hydrogen-bond acceptors (Lipinski definition) is 4. The largest absolute Gasteiger partial charge is 0.442 e. The Morgan fingerprint density at radius 2 is 2.12 bits per heavy atom. The summed E-state index contributed by atoms with van der Waals surface area (Å²) in [6.07, 6.45) is 3.86. The number of benzene rings is 1. The number of ether oxygens (including phenoxy) is 1. The van der Waals surface area contributed by atoms with Crippen LogP contribution in [0.1, 0.15) is 11.3 Å². The van der Waals surface area contributed by atoms with Crippen molar-refractivity contribution in [2.24, 2.45) is 0 Å². The van der Waals surface area contributed by atoms with E-state index >= 15 is 0 Å². The molecule has 0 unspecified atom stereocenters. The van der Waals surface area contributed by atoms with Gasteiger partial charge in [0, 0.05) is 38.1 Å². The van der Waals surface area contributed by atoms with Crippen molar-refractivity contribution < 1.29 is 13.9 Å². The minimum atomic E-state index is -0.246. The van der Waals surface area contributed by atoms with Crippen molar-refractivity contribution in [1.82, 2.24) is 19.8 Å². The first-order valence-electron chi connectivity index (χ1n) is 8.10. The van der Waals surface area contributed by atoms with Crippen LogP contribution in [0.4, 0.5) is 9.18 Å². The van der Waals surface area contributed by atoms with Crippen LogP contribution in [0.15, 0.2) is 36.8 Å². The number of carbonyl (C=O) groups is 1. The molecule has 2 aliphatic heterocycles. The van der Waals surface area contributed by atoms with Crippen LogP contribution in [0.2, 0.25) is 0 Å². The minimum Gasteiger partial charge on any atom is -0.442 e. The second kappa shape index (κ2) is 6.24. The topological polar surface area (TPSA) is 61.5 Å². The van der Waals surface area contributed by atoms with Crippen LogP contribution in [0.25, 0.3) is 0 Å². The fourth-order valence-corrected chi connectivity index (χ4v) is 3.48. The summed E-state index contributed by atoms with van der Waals surface area (Å²) in [5, 5.41) is 0. The molecule has 2 aliphatic rings. The summed E-state index contributed by atoms with van der Waals surface area (Å²) in [6, 6.07) is 6.49. The third-order valence-corrected chi connectivity index (χ3v) is 4.70. The summed E-state index contributed by atoms with van der Waals surface area (Å²) in [5.41, 5.74) is 2.07. The lowest BCUT2D eigenvalue weighted by Crippen LogP contribution is -2.39. The smallest absolute Gasteiger partial charge is 0.410 e. The summed E-state index contributed by atoms with van der Waals surface area (Å²) >= 11 is 0. The number of carbonyl (C=O) groups excluding carboxylic acids is 1. The maximum atomic E-state index is 13.0. The van der Waals surface area contributed by atoms with Gasteiger partial charge < -0.3 is 9.72 Å². The third kappa shape index (κ3) is 2.99. The highest BCUT2D eigenvalue weighted by Gasteiger charge is 2.47. The average molecular weight is 330 g/mol. The zero-order chi connectivity index (χ0) is 16.5. The molecule has 0 saturated carbocycles. The highest BCUT2D eigenvalue weighted by molar-refractivity contribution is 5.71. The van der Waals surface area contributed by atoms with Crippen LogP contribution in [-0.4, -0.2) is 57.6 Å². The number of fused-ring (bicyclic) bond motifs is 1. The molecule has 2 fully saturated rings. The first-order chi connectivity index (χ1) is 11.7. The number of amides is 1. The quantitative estimate of drug-likeness (QED) is 0.908. The maximum Gasteiger partial charge on any atom is 0.410 e. The molecule has 1 amide bonds. The average Bonchev–Trinajstić information content (AvgIpc) is 3.25. The molecule has 1 aromatic heterocycles. The summed E-state index contributed by atoms with van der Waals surface area (Å²) in [4.78, 5) is 23.3. The van der Waals surface area contributed by atoms with Gasteiger partial charge in [-0.1, -0.05) is 12.1 Å². The van der Waals surface area contributed by atoms with Gasteiger partial charge in [0.25, 0.3) is 0 Å². The van der Waals surface area contributed by atoms with Gasteiger partial charge in [0.05, 0.1) is 12.4 Å². The molecule has 2 saturated heterocycles. The lowest BCUT2D eigenvalue weighted by molar-refractivity contribution is 0.120. The Morgan fingerprint density at radius 3 is 2.88 bits per heavy atom. The van der Waals surface area contributed by atoms with E-state index in [9.17, 15) is 9.18 Å². The number of aromatic amines is 1. The summed E-state index contributed by atoms with van der Waals surface area (Å²) < 4.78 is 18.5. The van der Waals surface area contributed by atoms with E-state index in [0.717, 1.165) is 30.9 Å². The molecule has 0 radical (unpaired) electrons. The Kier molecular flexibility index (Phi) is 3.93. The third-order valence-electron chi connectivity index (χ3n) is 4.70. The standard InChI is InChI=1S/C17H19FN4O2/c18-13-3-1-12(2-4-13)5-6-22-15-9-21(8-14-7-19-11-20-14)10-16(15)24-17(22)23/h1-4,7,11,15-16H,5-6,8-10H2,(H,19,20)/t15-,16+/m0/s1. The molecule has 3 heterocycles. The van der Waals surface area contributed by atoms with E-state index < -0.39 is 0 Å². The summed E-state index contributed by atoms with van der Waals surface area (Å²) in [5.74, 6) is -0.246. The van der Waals surface area contributed by atoms with Crippen LogP contribution in [0, 0.1) is 5.82 Å². The highest BCUT2D eigenvalue weighted by atomic mass is 19.1. The number of rotatable bonds is 5. The number of imidazole rings is 1. The van der Waals surface area contributed by atoms with Gasteiger partial charge in [-0.15, -0.1) is 0 Å². The summed E-state index contributed by atoms with van der Waals surface area (Å²) in [7, 11) is 0. The number of likely N-dealkylation sites (tertiary alicyclic amines) is 1. The monoisotopic (exact) mass is 330 g/mol. The lowest BCUT2D eigenvalue weighted by atomic mass is 10.1. The van der Waals surface area contributed by atoms with Gasteiger partial charge in [-0.2, -0.15) is 0 Å². The van der Waals surface area contributed by atoms with E-state index in [1.165, 1.54) is 12.1 Å². The van der Waals surface area contributed by atoms with Gasteiger partial charge in [-0.3, -0.25) is 9.80 Å². The van der Waals surface area contributed by atoms with Crippen LogP contribution in [0.5, 0.6) is 0 Å². The van der Waals surface area contributed by atoms with E-state index in [1.54, 1.807) is 23.4 Å². The molecular formula is C17H19FN4O2. The van der Waals surface area contributed by atoms with Gasteiger partial charge in [-0.05, 0) is 24.1 Å². The number of nitrogens with one attached hydrogen (secondary N) is 1. The van der Waals surface area contributed by atoms with Crippen LogP contribution >= 0.6 is 0 Å². The molecule has 2 aromatic rings. The predicted octanol–water partition coefficient (Wildman–Crippen LogP) is 1.80. The molecule has 24 heavy (non-hydrogen) atoms. The zero-order valence-corrected chi connectivity index (χ0v) is 13.2. The van der Waals surface area contributed by atoms with E-state index in [2.05, 4.69) is 14.9 Å². The van der Waals surface area contributed by atoms with E-state index in [-0.39, 0.29) is 24.1 Å². The van der Waals surface area contributed by atoms with Crippen LogP contribution in [-0.2, 0) is 17.7 Å². The molecule has 126 valence electrons. The Morgan fingerprint density at radius 1 is 1.29 bits per heavy atom. The van der Waals surface area contributed by atoms with Crippen molar-refractivity contribution >= 4 is 6.09 Å². The van der Waals surface area contributed by atoms with Crippen molar-refractivity contribution in [3.63, 3.8) is 0 Å². The van der Waals surface area contributed by atoms with Gasteiger partial charge in [0.15, 0.2) is 0 Å². The van der Waals surface area contributed by atoms with Crippen LogP contribution < -0.4 is 0 Å². The fourth-order valence-electron chi connectivity index (χ4n) is 3.48. The molecule has 0 bridgehead atoms. The van der Waals surface area contributed by atoms with Gasteiger partial charge in [0.1, 0.15) is 11.9 Å². The number of hydrogen-bond donors (Lipinski definition) is 1. The molecule has 6 nitrogen and oxygen atoms in total. The maximum absolute atomic E-state index is 13.0. The Hall–Kier alpha value is -2.41. The number of nitrogens with zero attached hydrogens (tertiary/aromatic N) is 3. The number of aromatic nitrogens is 2. The van der Waals surface area contributed by atoms with Crippen molar-refractivity contribution in [3.05, 3.63) is 53.9 Å². The van der Waals surface area contributed by atoms with Crippen molar-refractivity contribution in [2.45, 2.75) is 25.1 Å². The Balaban J connectivity index is 1.37. The molecule has 7 heteroatoms. The van der Waals surface area contributed by atoms with E-state index in [1.807, 2.05) is 6.20 Å². The Bertz CT molecular complexity index is 704. The van der Waals surface area contributed by atoms with Crippen molar-refractivity contribution in [2.75, 3.05) is 19.6 Å². The second-order valence-corrected chi connectivity index (χ2v) is 6.33. The molecule has 1 N–H and O–H groups in total. The molecular weight excluding hydrogens is 311 g/mol. The van der Waals surface area contributed by atoms with E-state index in [0.29, 0.717) is 13.0 Å². The second-order valence-electron chi connectivity index (χ2n) is 6.33. The molecule has 0 spiro atoms. The SMILES string of the molecule is O=C1O[C@@H]2CN(Cc3cnc[nH]3)C[C@@H]2N1CCc1ccc(F)cc1. The summed E-state index contributed by atoms with van der Waals surface area (Å²) in [6.45, 7) is 2.89. The highest BCUT2D eigenvalue weighted by Crippen LogP contribution is 2.27. The molecule has 2 atom stereocenters. The molecule has 0 aliphatic carbocycles. The minimum absolute atomic E-state index is 0.0753. The van der Waals surface area contributed by atoms with Crippen molar-refractivity contribution in [3.8, 4) is 0 Å².